The highest BCUT2D eigenvalue weighted by Gasteiger charge is 2.15. The van der Waals surface area contributed by atoms with E-state index in [0.29, 0.717) is 6.04 Å². The second-order valence-corrected chi connectivity index (χ2v) is 5.37. The van der Waals surface area contributed by atoms with Crippen molar-refractivity contribution >= 4 is 11.8 Å². The van der Waals surface area contributed by atoms with Gasteiger partial charge in [-0.15, -0.1) is 5.10 Å². The van der Waals surface area contributed by atoms with Crippen molar-refractivity contribution in [2.75, 3.05) is 18.1 Å². The van der Waals surface area contributed by atoms with Crippen molar-refractivity contribution < 1.29 is 0 Å². The van der Waals surface area contributed by atoms with Gasteiger partial charge in [-0.3, -0.25) is 0 Å². The Morgan fingerprint density at radius 1 is 1.35 bits per heavy atom. The van der Waals surface area contributed by atoms with E-state index >= 15 is 0 Å². The minimum atomic E-state index is 0.376. The summed E-state index contributed by atoms with van der Waals surface area (Å²) < 4.78 is 2.03. The molecule has 1 atom stereocenters. The first-order valence-electron chi connectivity index (χ1n) is 6.52. The third-order valence-electron chi connectivity index (χ3n) is 2.57. The summed E-state index contributed by atoms with van der Waals surface area (Å²) in [7, 11) is 0. The van der Waals surface area contributed by atoms with Crippen molar-refractivity contribution in [3.63, 3.8) is 0 Å². The predicted molar refractivity (Wildman–Crippen MR) is 74.3 cm³/mol. The molecule has 1 aromatic heterocycles. The smallest absolute Gasteiger partial charge is 0.0764 e. The lowest BCUT2D eigenvalue weighted by Crippen LogP contribution is -2.26. The van der Waals surface area contributed by atoms with Crippen LogP contribution in [0.2, 0.25) is 0 Å². The van der Waals surface area contributed by atoms with Crippen molar-refractivity contribution in [3.8, 4) is 0 Å². The van der Waals surface area contributed by atoms with E-state index in [9.17, 15) is 0 Å². The van der Waals surface area contributed by atoms with Crippen LogP contribution in [0, 0.1) is 0 Å². The van der Waals surface area contributed by atoms with Crippen LogP contribution in [0.4, 0.5) is 0 Å². The second kappa shape index (κ2) is 8.53. The molecule has 98 valence electrons. The molecule has 0 aliphatic heterocycles. The molecule has 0 bridgehead atoms. The summed E-state index contributed by atoms with van der Waals surface area (Å²) in [5.74, 6) is 2.24. The topological polar surface area (TPSA) is 42.7 Å². The van der Waals surface area contributed by atoms with Crippen molar-refractivity contribution in [2.45, 2.75) is 46.2 Å². The standard InChI is InChI=1S/C12H24N4S/c1-4-7-13-11(10-17-6-3)12-9-14-15-16(12)8-5-2/h9,11,13H,4-8,10H2,1-3H3. The molecule has 0 saturated carbocycles. The first-order chi connectivity index (χ1) is 8.33. The summed E-state index contributed by atoms with van der Waals surface area (Å²) in [5.41, 5.74) is 1.22. The van der Waals surface area contributed by atoms with Gasteiger partial charge in [0.25, 0.3) is 0 Å². The van der Waals surface area contributed by atoms with Crippen LogP contribution in [-0.2, 0) is 6.54 Å². The van der Waals surface area contributed by atoms with Crippen LogP contribution < -0.4 is 5.32 Å². The van der Waals surface area contributed by atoms with Gasteiger partial charge < -0.3 is 5.32 Å². The van der Waals surface area contributed by atoms with E-state index in [0.717, 1.165) is 37.4 Å². The molecule has 0 radical (unpaired) electrons. The first-order valence-corrected chi connectivity index (χ1v) is 7.68. The van der Waals surface area contributed by atoms with E-state index in [1.807, 2.05) is 22.6 Å². The number of thioether (sulfide) groups is 1. The maximum absolute atomic E-state index is 4.16. The number of hydrogen-bond acceptors (Lipinski definition) is 4. The highest BCUT2D eigenvalue weighted by atomic mass is 32.2. The number of hydrogen-bond donors (Lipinski definition) is 1. The number of nitrogens with one attached hydrogen (secondary N) is 1. The van der Waals surface area contributed by atoms with Gasteiger partial charge in [0.2, 0.25) is 0 Å². The zero-order chi connectivity index (χ0) is 12.5. The molecule has 1 aromatic rings. The molecule has 0 aromatic carbocycles. The number of aryl methyl sites for hydroxylation is 1. The van der Waals surface area contributed by atoms with E-state index in [1.54, 1.807) is 0 Å². The van der Waals surface area contributed by atoms with Gasteiger partial charge in [-0.25, -0.2) is 4.68 Å². The van der Waals surface area contributed by atoms with Crippen LogP contribution in [-0.4, -0.2) is 33.0 Å². The largest absolute Gasteiger partial charge is 0.308 e. The summed E-state index contributed by atoms with van der Waals surface area (Å²) in [4.78, 5) is 0. The summed E-state index contributed by atoms with van der Waals surface area (Å²) in [5, 5.41) is 11.8. The van der Waals surface area contributed by atoms with Gasteiger partial charge in [-0.1, -0.05) is 26.0 Å². The average Bonchev–Trinajstić information content (AvgIpc) is 2.78. The molecular formula is C12H24N4S. The monoisotopic (exact) mass is 256 g/mol. The van der Waals surface area contributed by atoms with Crippen LogP contribution in [0.1, 0.15) is 45.3 Å². The van der Waals surface area contributed by atoms with Crippen LogP contribution in [0.5, 0.6) is 0 Å². The summed E-state index contributed by atoms with van der Waals surface area (Å²) in [6.45, 7) is 8.56. The molecule has 1 unspecified atom stereocenters. The lowest BCUT2D eigenvalue weighted by Gasteiger charge is -2.18. The summed E-state index contributed by atoms with van der Waals surface area (Å²) in [6.07, 6.45) is 4.15. The second-order valence-electron chi connectivity index (χ2n) is 4.05. The zero-order valence-electron chi connectivity index (χ0n) is 11.1. The Labute approximate surface area is 109 Å². The molecule has 4 nitrogen and oxygen atoms in total. The summed E-state index contributed by atoms with van der Waals surface area (Å²) >= 11 is 1.96. The average molecular weight is 256 g/mol. The van der Waals surface area contributed by atoms with Gasteiger partial charge >= 0.3 is 0 Å². The molecule has 17 heavy (non-hydrogen) atoms. The van der Waals surface area contributed by atoms with Crippen LogP contribution in [0.3, 0.4) is 0 Å². The highest BCUT2D eigenvalue weighted by Crippen LogP contribution is 2.17. The van der Waals surface area contributed by atoms with E-state index < -0.39 is 0 Å². The van der Waals surface area contributed by atoms with E-state index in [-0.39, 0.29) is 0 Å². The molecule has 0 saturated heterocycles. The van der Waals surface area contributed by atoms with E-state index in [2.05, 4.69) is 36.4 Å². The third-order valence-corrected chi connectivity index (χ3v) is 3.55. The Balaban J connectivity index is 2.68. The van der Waals surface area contributed by atoms with Crippen LogP contribution in [0.15, 0.2) is 6.20 Å². The molecule has 1 N–H and O–H groups in total. The van der Waals surface area contributed by atoms with Crippen molar-refractivity contribution in [2.24, 2.45) is 0 Å². The van der Waals surface area contributed by atoms with Crippen molar-refractivity contribution in [1.82, 2.24) is 20.3 Å². The van der Waals surface area contributed by atoms with Crippen LogP contribution >= 0.6 is 11.8 Å². The maximum Gasteiger partial charge on any atom is 0.0764 e. The Morgan fingerprint density at radius 2 is 2.18 bits per heavy atom. The van der Waals surface area contributed by atoms with Gasteiger partial charge in [0, 0.05) is 12.3 Å². The third kappa shape index (κ3) is 4.68. The van der Waals surface area contributed by atoms with Gasteiger partial charge in [-0.05, 0) is 25.1 Å². The highest BCUT2D eigenvalue weighted by molar-refractivity contribution is 7.99. The Morgan fingerprint density at radius 3 is 2.82 bits per heavy atom. The number of nitrogens with zero attached hydrogens (tertiary/aromatic N) is 3. The van der Waals surface area contributed by atoms with E-state index in [1.165, 1.54) is 5.69 Å². The minimum Gasteiger partial charge on any atom is -0.308 e. The zero-order valence-corrected chi connectivity index (χ0v) is 12.0. The predicted octanol–water partition coefficient (Wildman–Crippen LogP) is 2.48. The fourth-order valence-electron chi connectivity index (χ4n) is 1.72. The molecule has 0 aliphatic rings. The van der Waals surface area contributed by atoms with Crippen LogP contribution in [0.25, 0.3) is 0 Å². The number of rotatable bonds is 9. The molecular weight excluding hydrogens is 232 g/mol. The fraction of sp³-hybridized carbons (Fsp3) is 0.833. The quantitative estimate of drug-likeness (QED) is 0.737. The molecule has 0 spiro atoms. The fourth-order valence-corrected chi connectivity index (χ4v) is 2.48. The number of aromatic nitrogens is 3. The van der Waals surface area contributed by atoms with Gasteiger partial charge in [0.15, 0.2) is 0 Å². The first kappa shape index (κ1) is 14.5. The molecule has 5 heteroatoms. The maximum atomic E-state index is 4.16. The minimum absolute atomic E-state index is 0.376. The van der Waals surface area contributed by atoms with Crippen molar-refractivity contribution in [3.05, 3.63) is 11.9 Å². The molecule has 0 amide bonds. The molecule has 0 fully saturated rings. The SMILES string of the molecule is CCCNC(CSCC)c1cnnn1CCC. The van der Waals surface area contributed by atoms with Gasteiger partial charge in [-0.2, -0.15) is 11.8 Å². The van der Waals surface area contributed by atoms with Gasteiger partial charge in [0.05, 0.1) is 17.9 Å². The summed E-state index contributed by atoms with van der Waals surface area (Å²) in [6, 6.07) is 0.376. The Hall–Kier alpha value is -0.550. The molecule has 1 heterocycles. The lowest BCUT2D eigenvalue weighted by atomic mass is 10.2. The lowest BCUT2D eigenvalue weighted by molar-refractivity contribution is 0.493. The van der Waals surface area contributed by atoms with Crippen molar-refractivity contribution in [1.29, 1.82) is 0 Å². The Bertz CT molecular complexity index is 292. The normalized spacial score (nSPS) is 12.9. The Kier molecular flexibility index (Phi) is 7.28. The van der Waals surface area contributed by atoms with Gasteiger partial charge in [0.1, 0.15) is 0 Å². The van der Waals surface area contributed by atoms with E-state index in [4.69, 9.17) is 0 Å². The molecule has 0 aliphatic carbocycles. The molecule has 1 rings (SSSR count).